The van der Waals surface area contributed by atoms with Crippen LogP contribution in [-0.2, 0) is 6.42 Å². The summed E-state index contributed by atoms with van der Waals surface area (Å²) in [5.41, 5.74) is 7.94. The van der Waals surface area contributed by atoms with E-state index in [2.05, 4.69) is 16.8 Å². The van der Waals surface area contributed by atoms with Crippen molar-refractivity contribution in [1.82, 2.24) is 0 Å². The van der Waals surface area contributed by atoms with Crippen LogP contribution >= 0.6 is 11.3 Å². The molecule has 1 aromatic heterocycles. The molecule has 1 heterocycles. The molecule has 0 saturated heterocycles. The van der Waals surface area contributed by atoms with E-state index in [0.717, 1.165) is 18.4 Å². The Hall–Kier alpha value is -0.340. The summed E-state index contributed by atoms with van der Waals surface area (Å²) in [4.78, 5) is 0. The van der Waals surface area contributed by atoms with Crippen LogP contribution < -0.4 is 5.73 Å². The van der Waals surface area contributed by atoms with Gasteiger partial charge in [0.25, 0.3) is 0 Å². The first kappa shape index (κ1) is 8.93. The molecule has 2 saturated carbocycles. The van der Waals surface area contributed by atoms with Crippen molar-refractivity contribution in [3.8, 4) is 0 Å². The van der Waals surface area contributed by atoms with Gasteiger partial charge in [0.1, 0.15) is 0 Å². The van der Waals surface area contributed by atoms with Gasteiger partial charge in [0.15, 0.2) is 0 Å². The molecule has 1 aromatic rings. The van der Waals surface area contributed by atoms with E-state index in [-0.39, 0.29) is 0 Å². The molecule has 2 aliphatic carbocycles. The zero-order valence-corrected chi connectivity index (χ0v) is 9.22. The van der Waals surface area contributed by atoms with Gasteiger partial charge in [0, 0.05) is 0 Å². The third-order valence-electron chi connectivity index (χ3n) is 4.05. The van der Waals surface area contributed by atoms with Gasteiger partial charge < -0.3 is 5.73 Å². The lowest BCUT2D eigenvalue weighted by Gasteiger charge is -2.28. The van der Waals surface area contributed by atoms with Gasteiger partial charge in [-0.05, 0) is 71.9 Å². The van der Waals surface area contributed by atoms with E-state index in [1.54, 1.807) is 11.3 Å². The third kappa shape index (κ3) is 1.41. The highest BCUT2D eigenvalue weighted by atomic mass is 32.1. The molecule has 0 radical (unpaired) electrons. The summed E-state index contributed by atoms with van der Waals surface area (Å²) >= 11 is 1.80. The van der Waals surface area contributed by atoms with Crippen molar-refractivity contribution < 1.29 is 0 Å². The molecule has 2 fully saturated rings. The average molecular weight is 207 g/mol. The summed E-state index contributed by atoms with van der Waals surface area (Å²) < 4.78 is 0. The normalized spacial score (nSPS) is 39.8. The second kappa shape index (κ2) is 3.07. The highest BCUT2D eigenvalue weighted by Gasteiger charge is 2.52. The maximum Gasteiger partial charge on any atom is -0.00171 e. The third-order valence-corrected chi connectivity index (χ3v) is 4.78. The standard InChI is InChI=1S/C12H17NS/c13-8-12(4-9-1-2-14-7-9)5-10-3-11(10)6-12/h1-2,7,10-11H,3-6,8,13H2. The molecular formula is C12H17NS. The molecule has 76 valence electrons. The smallest absolute Gasteiger partial charge is 0.00171 e. The van der Waals surface area contributed by atoms with Crippen LogP contribution in [0.5, 0.6) is 0 Å². The molecule has 2 atom stereocenters. The van der Waals surface area contributed by atoms with E-state index in [9.17, 15) is 0 Å². The molecule has 1 nitrogen and oxygen atoms in total. The molecule has 2 unspecified atom stereocenters. The molecule has 0 aromatic carbocycles. The Labute approximate surface area is 89.3 Å². The van der Waals surface area contributed by atoms with E-state index >= 15 is 0 Å². The summed E-state index contributed by atoms with van der Waals surface area (Å²) in [7, 11) is 0. The van der Waals surface area contributed by atoms with Crippen LogP contribution in [0.3, 0.4) is 0 Å². The van der Waals surface area contributed by atoms with Crippen LogP contribution in [0.15, 0.2) is 16.8 Å². The van der Waals surface area contributed by atoms with E-state index in [1.165, 1.54) is 31.2 Å². The Morgan fingerprint density at radius 1 is 1.43 bits per heavy atom. The summed E-state index contributed by atoms with van der Waals surface area (Å²) in [5.74, 6) is 2.08. The molecule has 0 bridgehead atoms. The maximum absolute atomic E-state index is 5.97. The van der Waals surface area contributed by atoms with Crippen LogP contribution in [0.2, 0.25) is 0 Å². The number of thiophene rings is 1. The van der Waals surface area contributed by atoms with Crippen LogP contribution in [0.25, 0.3) is 0 Å². The topological polar surface area (TPSA) is 26.0 Å². The molecule has 0 aliphatic heterocycles. The van der Waals surface area contributed by atoms with Gasteiger partial charge in [-0.1, -0.05) is 0 Å². The molecule has 3 rings (SSSR count). The minimum Gasteiger partial charge on any atom is -0.330 e. The van der Waals surface area contributed by atoms with Crippen LogP contribution in [0.1, 0.15) is 24.8 Å². The van der Waals surface area contributed by atoms with E-state index in [1.807, 2.05) is 0 Å². The molecule has 2 aliphatic rings. The number of fused-ring (bicyclic) bond motifs is 1. The number of rotatable bonds is 3. The molecular weight excluding hydrogens is 190 g/mol. The van der Waals surface area contributed by atoms with E-state index in [4.69, 9.17) is 5.73 Å². The molecule has 0 amide bonds. The summed E-state index contributed by atoms with van der Waals surface area (Å²) in [5, 5.41) is 4.45. The van der Waals surface area contributed by atoms with E-state index in [0.29, 0.717) is 5.41 Å². The Morgan fingerprint density at radius 3 is 2.79 bits per heavy atom. The first-order valence-corrected chi connectivity index (χ1v) is 6.47. The van der Waals surface area contributed by atoms with Gasteiger partial charge in [0.05, 0.1) is 0 Å². The summed E-state index contributed by atoms with van der Waals surface area (Å²) in [6, 6.07) is 2.26. The predicted octanol–water partition coefficient (Wildman–Crippen LogP) is 2.67. The first-order valence-electron chi connectivity index (χ1n) is 5.52. The largest absolute Gasteiger partial charge is 0.330 e. The predicted molar refractivity (Wildman–Crippen MR) is 60.3 cm³/mol. The summed E-state index contributed by atoms with van der Waals surface area (Å²) in [6.07, 6.45) is 5.50. The highest BCUT2D eigenvalue weighted by Crippen LogP contribution is 2.60. The van der Waals surface area contributed by atoms with Crippen LogP contribution in [0, 0.1) is 17.3 Å². The molecule has 14 heavy (non-hydrogen) atoms. The first-order chi connectivity index (χ1) is 6.81. The van der Waals surface area contributed by atoms with Crippen molar-refractivity contribution in [3.05, 3.63) is 22.4 Å². The van der Waals surface area contributed by atoms with Gasteiger partial charge >= 0.3 is 0 Å². The highest BCUT2D eigenvalue weighted by molar-refractivity contribution is 7.07. The fourth-order valence-electron chi connectivity index (χ4n) is 3.22. The fourth-order valence-corrected chi connectivity index (χ4v) is 3.88. The molecule has 2 N–H and O–H groups in total. The lowest BCUT2D eigenvalue weighted by atomic mass is 9.78. The van der Waals surface area contributed by atoms with Gasteiger partial charge in [-0.2, -0.15) is 11.3 Å². The Kier molecular flexibility index (Phi) is 1.96. The second-order valence-electron chi connectivity index (χ2n) is 5.18. The van der Waals surface area contributed by atoms with Crippen molar-refractivity contribution in [2.24, 2.45) is 23.0 Å². The Bertz CT molecular complexity index is 307. The van der Waals surface area contributed by atoms with Gasteiger partial charge in [-0.15, -0.1) is 0 Å². The zero-order valence-electron chi connectivity index (χ0n) is 8.41. The van der Waals surface area contributed by atoms with Gasteiger partial charge in [-0.3, -0.25) is 0 Å². The summed E-state index contributed by atoms with van der Waals surface area (Å²) in [6.45, 7) is 0.885. The minimum absolute atomic E-state index is 0.467. The Morgan fingerprint density at radius 2 is 2.21 bits per heavy atom. The second-order valence-corrected chi connectivity index (χ2v) is 5.96. The fraction of sp³-hybridized carbons (Fsp3) is 0.667. The van der Waals surface area contributed by atoms with Crippen LogP contribution in [0.4, 0.5) is 0 Å². The maximum atomic E-state index is 5.97. The molecule has 0 spiro atoms. The monoisotopic (exact) mass is 207 g/mol. The van der Waals surface area contributed by atoms with Crippen molar-refractivity contribution >= 4 is 11.3 Å². The van der Waals surface area contributed by atoms with Crippen molar-refractivity contribution in [1.29, 1.82) is 0 Å². The SMILES string of the molecule is NCC1(Cc2ccsc2)CC2CC2C1. The van der Waals surface area contributed by atoms with Gasteiger partial charge in [0.2, 0.25) is 0 Å². The zero-order chi connectivity index (χ0) is 9.60. The van der Waals surface area contributed by atoms with Crippen LogP contribution in [-0.4, -0.2) is 6.54 Å². The van der Waals surface area contributed by atoms with Crippen molar-refractivity contribution in [2.75, 3.05) is 6.54 Å². The average Bonchev–Trinajstić information content (AvgIpc) is 2.68. The lowest BCUT2D eigenvalue weighted by Crippen LogP contribution is -2.31. The lowest BCUT2D eigenvalue weighted by molar-refractivity contribution is 0.273. The van der Waals surface area contributed by atoms with Crippen molar-refractivity contribution in [2.45, 2.75) is 25.7 Å². The van der Waals surface area contributed by atoms with Crippen molar-refractivity contribution in [3.63, 3.8) is 0 Å². The molecule has 2 heteroatoms. The number of hydrogen-bond donors (Lipinski definition) is 1. The minimum atomic E-state index is 0.467. The quantitative estimate of drug-likeness (QED) is 0.810. The van der Waals surface area contributed by atoms with E-state index < -0.39 is 0 Å². The Balaban J connectivity index is 1.75. The number of nitrogens with two attached hydrogens (primary N) is 1. The van der Waals surface area contributed by atoms with Gasteiger partial charge in [-0.25, -0.2) is 0 Å². The number of hydrogen-bond acceptors (Lipinski definition) is 2.